The minimum atomic E-state index is 0.236. The van der Waals surface area contributed by atoms with Gasteiger partial charge in [0, 0.05) is 0 Å². The van der Waals surface area contributed by atoms with Crippen LogP contribution in [0.3, 0.4) is 0 Å². The lowest BCUT2D eigenvalue weighted by atomic mass is 10.1. The van der Waals surface area contributed by atoms with Gasteiger partial charge in [0.15, 0.2) is 5.82 Å². The molecular formula is C13H15N5OS. The maximum absolute atomic E-state index is 8.54. The van der Waals surface area contributed by atoms with Crippen molar-refractivity contribution in [3.8, 4) is 11.8 Å². The first-order chi connectivity index (χ1) is 9.60. The molecule has 1 aromatic carbocycles. The number of ether oxygens (including phenoxy) is 1. The van der Waals surface area contributed by atoms with E-state index in [4.69, 9.17) is 15.8 Å². The zero-order valence-corrected chi connectivity index (χ0v) is 12.1. The highest BCUT2D eigenvalue weighted by Gasteiger charge is 2.10. The second kappa shape index (κ2) is 6.30. The number of nitrogens with zero attached hydrogens (tertiary/aromatic N) is 4. The van der Waals surface area contributed by atoms with Crippen LogP contribution in [0.15, 0.2) is 23.4 Å². The molecule has 0 aliphatic carbocycles. The van der Waals surface area contributed by atoms with Crippen LogP contribution in [0.5, 0.6) is 5.75 Å². The molecule has 2 N–H and O–H groups in total. The van der Waals surface area contributed by atoms with Crippen LogP contribution in [0.1, 0.15) is 17.0 Å². The van der Waals surface area contributed by atoms with E-state index < -0.39 is 0 Å². The van der Waals surface area contributed by atoms with Crippen molar-refractivity contribution in [1.29, 1.82) is 5.26 Å². The Hall–Kier alpha value is -2.20. The average molecular weight is 289 g/mol. The zero-order chi connectivity index (χ0) is 14.5. The lowest BCUT2D eigenvalue weighted by Crippen LogP contribution is -2.15. The van der Waals surface area contributed by atoms with Crippen molar-refractivity contribution in [1.82, 2.24) is 14.9 Å². The van der Waals surface area contributed by atoms with E-state index in [1.165, 1.54) is 16.4 Å². The first kappa shape index (κ1) is 14.2. The quantitative estimate of drug-likeness (QED) is 0.667. The Bertz CT molecular complexity index is 626. The maximum Gasteiger partial charge on any atom is 0.210 e. The van der Waals surface area contributed by atoms with Gasteiger partial charge >= 0.3 is 0 Å². The van der Waals surface area contributed by atoms with Gasteiger partial charge in [0.25, 0.3) is 0 Å². The van der Waals surface area contributed by atoms with Gasteiger partial charge in [-0.15, -0.1) is 10.2 Å². The van der Waals surface area contributed by atoms with Crippen molar-refractivity contribution in [2.45, 2.75) is 25.6 Å². The molecule has 0 aliphatic heterocycles. The Labute approximate surface area is 121 Å². The van der Waals surface area contributed by atoms with Gasteiger partial charge in [-0.25, -0.2) is 4.68 Å². The molecule has 0 bridgehead atoms. The van der Waals surface area contributed by atoms with E-state index in [1.54, 1.807) is 0 Å². The Morgan fingerprint density at radius 1 is 1.30 bits per heavy atom. The van der Waals surface area contributed by atoms with Crippen LogP contribution in [0.4, 0.5) is 0 Å². The molecule has 1 aromatic heterocycles. The highest BCUT2D eigenvalue weighted by atomic mass is 32.2. The van der Waals surface area contributed by atoms with Crippen LogP contribution < -0.4 is 10.6 Å². The first-order valence-electron chi connectivity index (χ1n) is 6.00. The number of hydrogen-bond donors (Lipinski definition) is 1. The smallest absolute Gasteiger partial charge is 0.210 e. The molecular weight excluding hydrogens is 274 g/mol. The van der Waals surface area contributed by atoms with Crippen molar-refractivity contribution in [3.63, 3.8) is 0 Å². The van der Waals surface area contributed by atoms with Gasteiger partial charge in [-0.1, -0.05) is 17.8 Å². The fourth-order valence-electron chi connectivity index (χ4n) is 1.77. The molecule has 104 valence electrons. The number of rotatable bonds is 5. The third-order valence-corrected chi connectivity index (χ3v) is 3.37. The molecule has 2 aromatic rings. The number of aryl methyl sites for hydroxylation is 2. The summed E-state index contributed by atoms with van der Waals surface area (Å²) in [5.41, 5.74) is 2.28. The van der Waals surface area contributed by atoms with E-state index in [0.717, 1.165) is 16.9 Å². The Kier molecular flexibility index (Phi) is 4.48. The van der Waals surface area contributed by atoms with Crippen LogP contribution in [-0.2, 0) is 6.61 Å². The number of benzene rings is 1. The molecule has 0 spiro atoms. The van der Waals surface area contributed by atoms with Crippen molar-refractivity contribution in [2.75, 3.05) is 11.6 Å². The normalized spacial score (nSPS) is 10.2. The first-order valence-corrected chi connectivity index (χ1v) is 6.99. The zero-order valence-electron chi connectivity index (χ0n) is 11.3. The van der Waals surface area contributed by atoms with E-state index >= 15 is 0 Å². The molecule has 0 fully saturated rings. The van der Waals surface area contributed by atoms with Gasteiger partial charge < -0.3 is 10.6 Å². The summed E-state index contributed by atoms with van der Waals surface area (Å²) >= 11 is 1.24. The SMILES string of the molecule is Cc1cc(C)cc(OCc2nnc(SCC#N)n2N)c1. The van der Waals surface area contributed by atoms with E-state index in [2.05, 4.69) is 16.3 Å². The molecule has 0 radical (unpaired) electrons. The van der Waals surface area contributed by atoms with Crippen LogP contribution in [0, 0.1) is 25.2 Å². The second-order valence-electron chi connectivity index (χ2n) is 4.33. The number of aromatic nitrogens is 3. The van der Waals surface area contributed by atoms with Gasteiger partial charge in [0.2, 0.25) is 5.16 Å². The molecule has 20 heavy (non-hydrogen) atoms. The van der Waals surface area contributed by atoms with Gasteiger partial charge in [0.1, 0.15) is 12.4 Å². The highest BCUT2D eigenvalue weighted by Crippen LogP contribution is 2.18. The number of hydrogen-bond acceptors (Lipinski definition) is 6. The van der Waals surface area contributed by atoms with Gasteiger partial charge in [0.05, 0.1) is 11.8 Å². The highest BCUT2D eigenvalue weighted by molar-refractivity contribution is 7.99. The standard InChI is InChI=1S/C13H15N5OS/c1-9-5-10(2)7-11(6-9)19-8-12-16-17-13(18(12)15)20-4-3-14/h5-7H,4,8,15H2,1-2H3. The lowest BCUT2D eigenvalue weighted by molar-refractivity contribution is 0.291. The van der Waals surface area contributed by atoms with Crippen molar-refractivity contribution >= 4 is 11.8 Å². The molecule has 0 saturated heterocycles. The molecule has 0 atom stereocenters. The van der Waals surface area contributed by atoms with Crippen molar-refractivity contribution in [3.05, 3.63) is 35.2 Å². The van der Waals surface area contributed by atoms with Gasteiger partial charge in [-0.3, -0.25) is 0 Å². The molecule has 0 aliphatic rings. The largest absolute Gasteiger partial charge is 0.486 e. The summed E-state index contributed by atoms with van der Waals surface area (Å²) in [5.74, 6) is 7.43. The van der Waals surface area contributed by atoms with Crippen LogP contribution in [0.25, 0.3) is 0 Å². The van der Waals surface area contributed by atoms with E-state index in [0.29, 0.717) is 11.0 Å². The van der Waals surface area contributed by atoms with Crippen molar-refractivity contribution < 1.29 is 4.74 Å². The van der Waals surface area contributed by atoms with Crippen LogP contribution in [0.2, 0.25) is 0 Å². The van der Waals surface area contributed by atoms with Crippen LogP contribution >= 0.6 is 11.8 Å². The summed E-state index contributed by atoms with van der Waals surface area (Å²) in [5, 5.41) is 16.9. The number of nitrogens with two attached hydrogens (primary N) is 1. The predicted molar refractivity (Wildman–Crippen MR) is 76.8 cm³/mol. The Morgan fingerprint density at radius 3 is 2.65 bits per heavy atom. The summed E-state index contributed by atoms with van der Waals surface area (Å²) in [7, 11) is 0. The van der Waals surface area contributed by atoms with Crippen LogP contribution in [-0.4, -0.2) is 20.6 Å². The van der Waals surface area contributed by atoms with E-state index in [1.807, 2.05) is 32.0 Å². The summed E-state index contributed by atoms with van der Waals surface area (Å²) in [6.45, 7) is 4.27. The molecule has 7 heteroatoms. The minimum Gasteiger partial charge on any atom is -0.486 e. The summed E-state index contributed by atoms with van der Waals surface area (Å²) < 4.78 is 7.03. The topological polar surface area (TPSA) is 89.8 Å². The monoisotopic (exact) mass is 289 g/mol. The summed E-state index contributed by atoms with van der Waals surface area (Å²) in [4.78, 5) is 0. The van der Waals surface area contributed by atoms with E-state index in [-0.39, 0.29) is 12.4 Å². The van der Waals surface area contributed by atoms with Gasteiger partial charge in [-0.05, 0) is 37.1 Å². The van der Waals surface area contributed by atoms with Crippen molar-refractivity contribution in [2.24, 2.45) is 0 Å². The molecule has 0 unspecified atom stereocenters. The Balaban J connectivity index is 2.04. The molecule has 0 saturated carbocycles. The molecule has 1 heterocycles. The molecule has 0 amide bonds. The third kappa shape index (κ3) is 3.42. The maximum atomic E-state index is 8.54. The number of nitriles is 1. The molecule has 6 nitrogen and oxygen atoms in total. The lowest BCUT2D eigenvalue weighted by Gasteiger charge is -2.08. The Morgan fingerprint density at radius 2 is 2.00 bits per heavy atom. The number of thioether (sulfide) groups is 1. The second-order valence-corrected chi connectivity index (χ2v) is 5.27. The predicted octanol–water partition coefficient (Wildman–Crippen LogP) is 1.80. The average Bonchev–Trinajstić information content (AvgIpc) is 2.74. The fourth-order valence-corrected chi connectivity index (χ4v) is 2.30. The summed E-state index contributed by atoms with van der Waals surface area (Å²) in [6, 6.07) is 8.00. The third-order valence-electron chi connectivity index (χ3n) is 2.56. The number of nitrogen functional groups attached to an aromatic ring is 1. The molecule has 2 rings (SSSR count). The fraction of sp³-hybridized carbons (Fsp3) is 0.308. The summed E-state index contributed by atoms with van der Waals surface area (Å²) in [6.07, 6.45) is 0. The van der Waals surface area contributed by atoms with E-state index in [9.17, 15) is 0 Å². The minimum absolute atomic E-state index is 0.236. The van der Waals surface area contributed by atoms with Gasteiger partial charge in [-0.2, -0.15) is 5.26 Å².